The first-order valence-corrected chi connectivity index (χ1v) is 21.0. The highest BCUT2D eigenvalue weighted by Crippen LogP contribution is 2.42. The summed E-state index contributed by atoms with van der Waals surface area (Å²) >= 11 is 0. The molecule has 2 saturated carbocycles. The molecule has 0 saturated heterocycles. The maximum Gasteiger partial charge on any atom is 0.343 e. The Kier molecular flexibility index (Phi) is 17.3. The van der Waals surface area contributed by atoms with Gasteiger partial charge >= 0.3 is 23.9 Å². The minimum absolute atomic E-state index is 0.0522. The number of carboxylic acids is 1. The first kappa shape index (κ1) is 42.5. The van der Waals surface area contributed by atoms with Crippen molar-refractivity contribution in [1.29, 1.82) is 0 Å². The topological polar surface area (TPSA) is 125 Å². The Morgan fingerprint density at radius 3 is 1.75 bits per heavy atom. The van der Waals surface area contributed by atoms with E-state index in [-0.39, 0.29) is 24.7 Å². The van der Waals surface area contributed by atoms with Crippen LogP contribution in [-0.2, 0) is 19.1 Å². The van der Waals surface area contributed by atoms with Gasteiger partial charge in [0.2, 0.25) is 0 Å². The van der Waals surface area contributed by atoms with Crippen LogP contribution in [0.25, 0.3) is 11.1 Å². The van der Waals surface area contributed by atoms with Crippen molar-refractivity contribution in [3.63, 3.8) is 0 Å². The van der Waals surface area contributed by atoms with Gasteiger partial charge in [-0.1, -0.05) is 69.7 Å². The molecule has 0 spiro atoms. The van der Waals surface area contributed by atoms with Gasteiger partial charge in [-0.05, 0) is 142 Å². The lowest BCUT2D eigenvalue weighted by atomic mass is 9.68. The number of carbonyl (C=O) groups excluding carboxylic acids is 3. The van der Waals surface area contributed by atoms with Gasteiger partial charge in [0.05, 0.1) is 37.5 Å². The van der Waals surface area contributed by atoms with Gasteiger partial charge in [0.15, 0.2) is 0 Å². The van der Waals surface area contributed by atoms with Gasteiger partial charge in [0.25, 0.3) is 0 Å². The smallest absolute Gasteiger partial charge is 0.343 e. The molecule has 9 nitrogen and oxygen atoms in total. The number of hydrogen-bond donors (Lipinski definition) is 1. The zero-order valence-electron chi connectivity index (χ0n) is 33.1. The van der Waals surface area contributed by atoms with Gasteiger partial charge in [-0.15, -0.1) is 0 Å². The van der Waals surface area contributed by atoms with Crippen LogP contribution in [0, 0.1) is 23.7 Å². The van der Waals surface area contributed by atoms with E-state index in [0.29, 0.717) is 30.3 Å². The van der Waals surface area contributed by atoms with Crippen molar-refractivity contribution >= 4 is 23.9 Å². The molecule has 2 fully saturated rings. The summed E-state index contributed by atoms with van der Waals surface area (Å²) in [5, 5.41) is 8.60. The van der Waals surface area contributed by atoms with Crippen LogP contribution in [0.1, 0.15) is 133 Å². The van der Waals surface area contributed by atoms with Crippen molar-refractivity contribution in [1.82, 2.24) is 0 Å². The van der Waals surface area contributed by atoms with E-state index in [1.165, 1.54) is 51.4 Å². The number of hydrogen-bond acceptors (Lipinski definition) is 8. The average molecular weight is 769 g/mol. The second kappa shape index (κ2) is 22.8. The Morgan fingerprint density at radius 1 is 0.589 bits per heavy atom. The van der Waals surface area contributed by atoms with Crippen LogP contribution >= 0.6 is 0 Å². The molecule has 9 heteroatoms. The minimum atomic E-state index is -1.01. The predicted molar refractivity (Wildman–Crippen MR) is 216 cm³/mol. The number of rotatable bonds is 21. The number of benzene rings is 3. The van der Waals surface area contributed by atoms with Gasteiger partial charge in [0, 0.05) is 0 Å². The first-order chi connectivity index (χ1) is 27.3. The molecule has 0 atom stereocenters. The monoisotopic (exact) mass is 768 g/mol. The molecule has 2 aliphatic carbocycles. The Labute approximate surface area is 332 Å². The number of aliphatic carboxylic acids is 1. The van der Waals surface area contributed by atoms with Crippen molar-refractivity contribution in [3.05, 3.63) is 78.4 Å². The van der Waals surface area contributed by atoms with Crippen molar-refractivity contribution in [2.45, 2.75) is 122 Å². The third-order valence-electron chi connectivity index (χ3n) is 11.6. The van der Waals surface area contributed by atoms with Crippen molar-refractivity contribution in [2.24, 2.45) is 23.7 Å². The standard InChI is InChI=1S/C47H60O9/c1-2-3-6-9-34-10-12-35(13-11-34)36-14-18-39(19-15-36)46(51)55-42-26-28-43(29-27-42)56-47(52)40-20-16-37(17-21-40)38-22-24-41(25-23-38)53-32-7-4-5-8-33-54-45(50)31-30-44(48)49/h16-17,20-29,34-36,39H,2-15,18-19,30-33H2,1H3,(H,48,49). The molecule has 0 aliphatic heterocycles. The molecule has 0 heterocycles. The molecule has 3 aromatic rings. The summed E-state index contributed by atoms with van der Waals surface area (Å²) in [6.07, 6.45) is 18.1. The summed E-state index contributed by atoms with van der Waals surface area (Å²) in [5.41, 5.74) is 2.37. The number of carbonyl (C=O) groups is 4. The van der Waals surface area contributed by atoms with E-state index in [1.807, 2.05) is 36.4 Å². The van der Waals surface area contributed by atoms with Crippen molar-refractivity contribution in [2.75, 3.05) is 13.2 Å². The quantitative estimate of drug-likeness (QED) is 0.0640. The molecule has 0 unspecified atom stereocenters. The molecule has 3 aromatic carbocycles. The van der Waals surface area contributed by atoms with Crippen LogP contribution in [0.5, 0.6) is 17.2 Å². The van der Waals surface area contributed by atoms with Gasteiger partial charge < -0.3 is 24.1 Å². The molecule has 0 amide bonds. The van der Waals surface area contributed by atoms with Gasteiger partial charge in [-0.3, -0.25) is 14.4 Å². The minimum Gasteiger partial charge on any atom is -0.494 e. The van der Waals surface area contributed by atoms with Crippen LogP contribution in [0.3, 0.4) is 0 Å². The van der Waals surface area contributed by atoms with E-state index in [4.69, 9.17) is 24.1 Å². The van der Waals surface area contributed by atoms with Crippen LogP contribution in [-0.4, -0.2) is 42.2 Å². The second-order valence-corrected chi connectivity index (χ2v) is 15.6. The molecular weight excluding hydrogens is 709 g/mol. The molecule has 56 heavy (non-hydrogen) atoms. The fourth-order valence-electron chi connectivity index (χ4n) is 8.16. The molecule has 2 aliphatic rings. The van der Waals surface area contributed by atoms with E-state index < -0.39 is 17.9 Å². The van der Waals surface area contributed by atoms with Crippen LogP contribution in [0.2, 0.25) is 0 Å². The zero-order valence-corrected chi connectivity index (χ0v) is 33.1. The Bertz CT molecular complexity index is 1650. The largest absolute Gasteiger partial charge is 0.494 e. The Balaban J connectivity index is 0.958. The van der Waals surface area contributed by atoms with Crippen LogP contribution in [0.15, 0.2) is 72.8 Å². The highest BCUT2D eigenvalue weighted by atomic mass is 16.5. The van der Waals surface area contributed by atoms with Gasteiger partial charge in [0.1, 0.15) is 17.2 Å². The molecule has 0 aromatic heterocycles. The average Bonchev–Trinajstić information content (AvgIpc) is 3.22. The fourth-order valence-corrected chi connectivity index (χ4v) is 8.16. The second-order valence-electron chi connectivity index (χ2n) is 15.6. The first-order valence-electron chi connectivity index (χ1n) is 21.0. The lowest BCUT2D eigenvalue weighted by molar-refractivity contribution is -0.147. The summed E-state index contributed by atoms with van der Waals surface area (Å²) in [7, 11) is 0. The van der Waals surface area contributed by atoms with Gasteiger partial charge in [-0.2, -0.15) is 0 Å². The number of ether oxygens (including phenoxy) is 4. The lowest BCUT2D eigenvalue weighted by Gasteiger charge is -2.37. The molecular formula is C47H60O9. The van der Waals surface area contributed by atoms with Crippen molar-refractivity contribution in [3.8, 4) is 28.4 Å². The maximum absolute atomic E-state index is 13.0. The molecule has 302 valence electrons. The molecule has 1 N–H and O–H groups in total. The zero-order chi connectivity index (χ0) is 39.5. The van der Waals surface area contributed by atoms with Crippen LogP contribution < -0.4 is 14.2 Å². The molecule has 5 rings (SSSR count). The number of unbranched alkanes of at least 4 members (excludes halogenated alkanes) is 5. The lowest BCUT2D eigenvalue weighted by Crippen LogP contribution is -2.30. The van der Waals surface area contributed by atoms with E-state index in [1.54, 1.807) is 36.4 Å². The summed E-state index contributed by atoms with van der Waals surface area (Å²) < 4.78 is 22.3. The third kappa shape index (κ3) is 14.1. The SMILES string of the molecule is CCCCCC1CCC(C2CCC(C(=O)Oc3ccc(OC(=O)c4ccc(-c5ccc(OCCCCCCOC(=O)CCC(=O)O)cc5)cc4)cc3)CC2)CC1. The van der Waals surface area contributed by atoms with Crippen molar-refractivity contribution < 1.29 is 43.2 Å². The van der Waals surface area contributed by atoms with E-state index in [9.17, 15) is 19.2 Å². The Morgan fingerprint density at radius 2 is 1.14 bits per heavy atom. The molecule has 0 bridgehead atoms. The highest BCUT2D eigenvalue weighted by molar-refractivity contribution is 5.91. The maximum atomic E-state index is 13.0. The highest BCUT2D eigenvalue weighted by Gasteiger charge is 2.33. The number of carboxylic acid groups (broad SMARTS) is 1. The summed E-state index contributed by atoms with van der Waals surface area (Å²) in [4.78, 5) is 47.8. The number of esters is 3. The Hall–Kier alpha value is -4.66. The van der Waals surface area contributed by atoms with Gasteiger partial charge in [-0.25, -0.2) is 4.79 Å². The summed E-state index contributed by atoms with van der Waals surface area (Å²) in [6, 6.07) is 21.7. The van der Waals surface area contributed by atoms with E-state index in [2.05, 4.69) is 6.92 Å². The predicted octanol–water partition coefficient (Wildman–Crippen LogP) is 11.0. The van der Waals surface area contributed by atoms with Crippen LogP contribution in [0.4, 0.5) is 0 Å². The third-order valence-corrected chi connectivity index (χ3v) is 11.6. The molecule has 0 radical (unpaired) electrons. The summed E-state index contributed by atoms with van der Waals surface area (Å²) in [5.74, 6) is 1.96. The normalized spacial score (nSPS) is 19.4. The van der Waals surface area contributed by atoms with E-state index in [0.717, 1.165) is 86.0 Å². The fraction of sp³-hybridized carbons (Fsp3) is 0.532. The van der Waals surface area contributed by atoms with E-state index >= 15 is 0 Å². The summed E-state index contributed by atoms with van der Waals surface area (Å²) in [6.45, 7) is 3.15.